The molecular weight excluding hydrogens is 268 g/mol. The number of sulfonamides is 1. The summed E-state index contributed by atoms with van der Waals surface area (Å²) in [6.07, 6.45) is 2.80. The van der Waals surface area contributed by atoms with Crippen molar-refractivity contribution in [1.82, 2.24) is 15.3 Å². The monoisotopic (exact) mass is 278 g/mol. The highest BCUT2D eigenvalue weighted by atomic mass is 35.5. The first-order valence-corrected chi connectivity index (χ1v) is 6.74. The van der Waals surface area contributed by atoms with E-state index in [0.29, 0.717) is 0 Å². The SMILES string of the molecule is NS(=O)(=O)CCCNC(=O)c1cncc(Cl)n1. The molecule has 1 amide bonds. The van der Waals surface area contributed by atoms with E-state index in [1.165, 1.54) is 12.4 Å². The molecule has 0 aliphatic carbocycles. The highest BCUT2D eigenvalue weighted by Gasteiger charge is 2.08. The average molecular weight is 279 g/mol. The summed E-state index contributed by atoms with van der Waals surface area (Å²) in [7, 11) is -3.49. The van der Waals surface area contributed by atoms with E-state index in [1.54, 1.807) is 0 Å². The van der Waals surface area contributed by atoms with E-state index in [-0.39, 0.29) is 29.6 Å². The molecule has 0 aliphatic heterocycles. The molecule has 0 radical (unpaired) electrons. The topological polar surface area (TPSA) is 115 Å². The highest BCUT2D eigenvalue weighted by Crippen LogP contribution is 2.02. The lowest BCUT2D eigenvalue weighted by Gasteiger charge is -2.03. The van der Waals surface area contributed by atoms with Gasteiger partial charge in [-0.1, -0.05) is 11.6 Å². The Labute approximate surface area is 103 Å². The number of amides is 1. The maximum absolute atomic E-state index is 11.5. The van der Waals surface area contributed by atoms with E-state index in [2.05, 4.69) is 15.3 Å². The normalized spacial score (nSPS) is 11.2. The molecule has 0 spiro atoms. The van der Waals surface area contributed by atoms with Crippen LogP contribution in [0, 0.1) is 0 Å². The van der Waals surface area contributed by atoms with Crippen LogP contribution >= 0.6 is 11.6 Å². The van der Waals surface area contributed by atoms with Gasteiger partial charge in [0, 0.05) is 6.54 Å². The van der Waals surface area contributed by atoms with Crippen molar-refractivity contribution in [3.63, 3.8) is 0 Å². The zero-order chi connectivity index (χ0) is 12.9. The predicted octanol–water partition coefficient (Wildman–Crippen LogP) is -0.462. The fourth-order valence-electron chi connectivity index (χ4n) is 1.02. The first-order valence-electron chi connectivity index (χ1n) is 4.65. The van der Waals surface area contributed by atoms with Crippen molar-refractivity contribution in [1.29, 1.82) is 0 Å². The lowest BCUT2D eigenvalue weighted by atomic mass is 10.4. The van der Waals surface area contributed by atoms with E-state index in [4.69, 9.17) is 16.7 Å². The number of primary sulfonamides is 1. The second-order valence-corrected chi connectivity index (χ2v) is 5.32. The van der Waals surface area contributed by atoms with Gasteiger partial charge in [-0.2, -0.15) is 0 Å². The summed E-state index contributed by atoms with van der Waals surface area (Å²) in [6.45, 7) is 0.184. The third-order valence-electron chi connectivity index (χ3n) is 1.73. The van der Waals surface area contributed by atoms with Crippen LogP contribution in [-0.2, 0) is 10.0 Å². The molecule has 0 saturated carbocycles. The minimum absolute atomic E-state index is 0.0769. The fourth-order valence-corrected chi connectivity index (χ4v) is 1.71. The average Bonchev–Trinajstić information content (AvgIpc) is 2.23. The van der Waals surface area contributed by atoms with Crippen LogP contribution in [0.2, 0.25) is 5.15 Å². The van der Waals surface area contributed by atoms with Crippen molar-refractivity contribution in [3.05, 3.63) is 23.2 Å². The number of halogens is 1. The molecule has 94 valence electrons. The molecule has 7 nitrogen and oxygen atoms in total. The Hall–Kier alpha value is -1.25. The summed E-state index contributed by atoms with van der Waals surface area (Å²) in [5, 5.41) is 7.39. The Kier molecular flexibility index (Phi) is 4.79. The molecule has 0 saturated heterocycles. The van der Waals surface area contributed by atoms with Crippen LogP contribution in [0.3, 0.4) is 0 Å². The van der Waals surface area contributed by atoms with Crippen molar-refractivity contribution in [2.75, 3.05) is 12.3 Å². The van der Waals surface area contributed by atoms with E-state index in [1.807, 2.05) is 0 Å². The third kappa shape index (κ3) is 5.57. The summed E-state index contributed by atoms with van der Waals surface area (Å²) in [5.41, 5.74) is 0.0769. The summed E-state index contributed by atoms with van der Waals surface area (Å²) in [4.78, 5) is 18.9. The van der Waals surface area contributed by atoms with E-state index >= 15 is 0 Å². The number of aromatic nitrogens is 2. The molecule has 0 fully saturated rings. The van der Waals surface area contributed by atoms with Crippen LogP contribution in [0.5, 0.6) is 0 Å². The van der Waals surface area contributed by atoms with Gasteiger partial charge in [0.25, 0.3) is 5.91 Å². The standard InChI is InChI=1S/C8H11ClN4O3S/c9-7-5-11-4-6(13-7)8(14)12-2-1-3-17(10,15)16/h4-5H,1-3H2,(H,12,14)(H2,10,15,16). The Morgan fingerprint density at radius 2 is 2.18 bits per heavy atom. The van der Waals surface area contributed by atoms with Gasteiger partial charge in [0.1, 0.15) is 10.8 Å². The van der Waals surface area contributed by atoms with Crippen molar-refractivity contribution >= 4 is 27.5 Å². The largest absolute Gasteiger partial charge is 0.351 e. The Morgan fingerprint density at radius 1 is 1.47 bits per heavy atom. The molecule has 1 heterocycles. The lowest BCUT2D eigenvalue weighted by molar-refractivity contribution is 0.0948. The predicted molar refractivity (Wildman–Crippen MR) is 62.0 cm³/mol. The summed E-state index contributed by atoms with van der Waals surface area (Å²) in [6, 6.07) is 0. The summed E-state index contributed by atoms with van der Waals surface area (Å²) in [5.74, 6) is -0.650. The molecule has 1 aromatic heterocycles. The van der Waals surface area contributed by atoms with Gasteiger partial charge in [0.2, 0.25) is 10.0 Å². The fraction of sp³-hybridized carbons (Fsp3) is 0.375. The number of nitrogens with two attached hydrogens (primary N) is 1. The lowest BCUT2D eigenvalue weighted by Crippen LogP contribution is -2.28. The quantitative estimate of drug-likeness (QED) is 0.707. The molecule has 1 aromatic rings. The van der Waals surface area contributed by atoms with Crippen LogP contribution in [0.4, 0.5) is 0 Å². The van der Waals surface area contributed by atoms with Crippen molar-refractivity contribution in [3.8, 4) is 0 Å². The van der Waals surface area contributed by atoms with Crippen molar-refractivity contribution in [2.24, 2.45) is 5.14 Å². The molecule has 0 aliphatic rings. The first kappa shape index (κ1) is 13.8. The number of carbonyl (C=O) groups is 1. The Balaban J connectivity index is 2.41. The maximum atomic E-state index is 11.5. The highest BCUT2D eigenvalue weighted by molar-refractivity contribution is 7.89. The van der Waals surface area contributed by atoms with Gasteiger partial charge >= 0.3 is 0 Å². The molecular formula is C8H11ClN4O3S. The maximum Gasteiger partial charge on any atom is 0.271 e. The van der Waals surface area contributed by atoms with Gasteiger partial charge in [-0.3, -0.25) is 9.78 Å². The number of nitrogens with one attached hydrogen (secondary N) is 1. The van der Waals surface area contributed by atoms with Crippen LogP contribution in [0.1, 0.15) is 16.9 Å². The number of rotatable bonds is 5. The smallest absolute Gasteiger partial charge is 0.271 e. The second-order valence-electron chi connectivity index (χ2n) is 3.20. The van der Waals surface area contributed by atoms with Crippen LogP contribution in [-0.4, -0.2) is 36.6 Å². The molecule has 0 unspecified atom stereocenters. The minimum Gasteiger partial charge on any atom is -0.351 e. The number of hydrogen-bond acceptors (Lipinski definition) is 5. The van der Waals surface area contributed by atoms with Gasteiger partial charge < -0.3 is 5.32 Å². The van der Waals surface area contributed by atoms with E-state index < -0.39 is 15.9 Å². The zero-order valence-corrected chi connectivity index (χ0v) is 10.3. The molecule has 3 N–H and O–H groups in total. The van der Waals surface area contributed by atoms with Crippen LogP contribution in [0.15, 0.2) is 12.4 Å². The molecule has 17 heavy (non-hydrogen) atoms. The number of hydrogen-bond donors (Lipinski definition) is 2. The molecule has 0 aromatic carbocycles. The minimum atomic E-state index is -3.49. The first-order chi connectivity index (χ1) is 7.88. The van der Waals surface area contributed by atoms with Gasteiger partial charge in [-0.25, -0.2) is 18.5 Å². The van der Waals surface area contributed by atoms with Crippen molar-refractivity contribution in [2.45, 2.75) is 6.42 Å². The Morgan fingerprint density at radius 3 is 2.76 bits per heavy atom. The van der Waals surface area contributed by atoms with E-state index in [9.17, 15) is 13.2 Å². The molecule has 9 heteroatoms. The van der Waals surface area contributed by atoms with Gasteiger partial charge in [0.15, 0.2) is 0 Å². The molecule has 0 atom stereocenters. The number of nitrogens with zero attached hydrogens (tertiary/aromatic N) is 2. The molecule has 0 bridgehead atoms. The Bertz CT molecular complexity index is 505. The molecule has 1 rings (SSSR count). The van der Waals surface area contributed by atoms with E-state index in [0.717, 1.165) is 0 Å². The zero-order valence-electron chi connectivity index (χ0n) is 8.76. The van der Waals surface area contributed by atoms with Gasteiger partial charge in [0.05, 0.1) is 18.1 Å². The third-order valence-corrected chi connectivity index (χ3v) is 2.77. The van der Waals surface area contributed by atoms with Gasteiger partial charge in [-0.05, 0) is 6.42 Å². The van der Waals surface area contributed by atoms with Crippen molar-refractivity contribution < 1.29 is 13.2 Å². The van der Waals surface area contributed by atoms with Gasteiger partial charge in [-0.15, -0.1) is 0 Å². The second kappa shape index (κ2) is 5.89. The van der Waals surface area contributed by atoms with Crippen LogP contribution in [0.25, 0.3) is 0 Å². The van der Waals surface area contributed by atoms with Crippen LogP contribution < -0.4 is 10.5 Å². The number of carbonyl (C=O) groups excluding carboxylic acids is 1. The summed E-state index contributed by atoms with van der Waals surface area (Å²) >= 11 is 5.56. The summed E-state index contributed by atoms with van der Waals surface area (Å²) < 4.78 is 21.2.